The summed E-state index contributed by atoms with van der Waals surface area (Å²) in [6.07, 6.45) is 0. The number of anilines is 2. The molecule has 0 aliphatic rings. The summed E-state index contributed by atoms with van der Waals surface area (Å²) in [5, 5.41) is 2.72. The van der Waals surface area contributed by atoms with Crippen molar-refractivity contribution in [2.75, 3.05) is 30.4 Å². The van der Waals surface area contributed by atoms with Crippen molar-refractivity contribution in [1.82, 2.24) is 0 Å². The minimum atomic E-state index is -3.96. The number of methoxy groups -OCH3 is 2. The van der Waals surface area contributed by atoms with Crippen LogP contribution in [0.2, 0.25) is 0 Å². The predicted molar refractivity (Wildman–Crippen MR) is 120 cm³/mol. The quantitative estimate of drug-likeness (QED) is 0.575. The zero-order valence-corrected chi connectivity index (χ0v) is 18.3. The van der Waals surface area contributed by atoms with Gasteiger partial charge in [0.2, 0.25) is 5.91 Å². The summed E-state index contributed by atoms with van der Waals surface area (Å²) >= 11 is 0. The number of carbonyl (C=O) groups is 1. The van der Waals surface area contributed by atoms with Gasteiger partial charge in [0.15, 0.2) is 0 Å². The van der Waals surface area contributed by atoms with E-state index in [1.807, 2.05) is 6.92 Å². The molecular weight excluding hydrogens is 416 g/mol. The lowest BCUT2D eigenvalue weighted by molar-refractivity contribution is -0.114. The van der Waals surface area contributed by atoms with Crippen molar-refractivity contribution in [3.05, 3.63) is 78.4 Å². The summed E-state index contributed by atoms with van der Waals surface area (Å²) < 4.78 is 38.2. The molecule has 162 valence electrons. The molecule has 0 saturated carbocycles. The van der Waals surface area contributed by atoms with Crippen molar-refractivity contribution >= 4 is 27.3 Å². The van der Waals surface area contributed by atoms with Crippen LogP contribution in [-0.4, -0.2) is 35.1 Å². The zero-order valence-electron chi connectivity index (χ0n) is 17.5. The van der Waals surface area contributed by atoms with E-state index in [4.69, 9.17) is 9.47 Å². The SMILES string of the molecule is COc1ccc(NC(=O)CN(c2ccc(C)cc2)S(=O)(=O)c2ccccc2)c(OC)c1. The normalized spacial score (nSPS) is 10.9. The van der Waals surface area contributed by atoms with Gasteiger partial charge in [0.25, 0.3) is 10.0 Å². The zero-order chi connectivity index (χ0) is 22.4. The number of ether oxygens (including phenoxy) is 2. The monoisotopic (exact) mass is 440 g/mol. The van der Waals surface area contributed by atoms with Gasteiger partial charge in [-0.3, -0.25) is 9.10 Å². The first-order chi connectivity index (χ1) is 14.8. The average Bonchev–Trinajstić information content (AvgIpc) is 2.79. The minimum absolute atomic E-state index is 0.102. The molecule has 3 aromatic rings. The predicted octanol–water partition coefficient (Wildman–Crippen LogP) is 3.85. The van der Waals surface area contributed by atoms with Gasteiger partial charge < -0.3 is 14.8 Å². The molecule has 3 rings (SSSR count). The summed E-state index contributed by atoms with van der Waals surface area (Å²) in [6.45, 7) is 1.50. The Labute approximate surface area is 182 Å². The van der Waals surface area contributed by atoms with Crippen LogP contribution in [0.3, 0.4) is 0 Å². The molecule has 0 saturated heterocycles. The first-order valence-electron chi connectivity index (χ1n) is 9.51. The number of nitrogens with one attached hydrogen (secondary N) is 1. The molecule has 0 radical (unpaired) electrons. The van der Waals surface area contributed by atoms with Gasteiger partial charge in [0.1, 0.15) is 18.0 Å². The standard InChI is InChI=1S/C23H24N2O5S/c1-17-9-11-18(12-10-17)25(31(27,28)20-7-5-4-6-8-20)16-23(26)24-21-14-13-19(29-2)15-22(21)30-3/h4-15H,16H2,1-3H3,(H,24,26). The van der Waals surface area contributed by atoms with E-state index < -0.39 is 22.5 Å². The van der Waals surface area contributed by atoms with Crippen molar-refractivity contribution in [2.24, 2.45) is 0 Å². The fourth-order valence-corrected chi connectivity index (χ4v) is 4.41. The number of hydrogen-bond acceptors (Lipinski definition) is 5. The van der Waals surface area contributed by atoms with Gasteiger partial charge in [0.05, 0.1) is 30.5 Å². The van der Waals surface area contributed by atoms with E-state index in [-0.39, 0.29) is 4.90 Å². The number of rotatable bonds is 8. The van der Waals surface area contributed by atoms with Crippen LogP contribution in [-0.2, 0) is 14.8 Å². The summed E-state index contributed by atoms with van der Waals surface area (Å²) in [7, 11) is -0.956. The average molecular weight is 441 g/mol. The lowest BCUT2D eigenvalue weighted by atomic mass is 10.2. The largest absolute Gasteiger partial charge is 0.497 e. The Morgan fingerprint density at radius 2 is 1.61 bits per heavy atom. The number of nitrogens with zero attached hydrogens (tertiary/aromatic N) is 1. The van der Waals surface area contributed by atoms with Crippen molar-refractivity contribution in [1.29, 1.82) is 0 Å². The van der Waals surface area contributed by atoms with Crippen LogP contribution < -0.4 is 19.1 Å². The van der Waals surface area contributed by atoms with Crippen molar-refractivity contribution in [2.45, 2.75) is 11.8 Å². The van der Waals surface area contributed by atoms with Crippen LogP contribution in [0.15, 0.2) is 77.7 Å². The number of sulfonamides is 1. The number of amides is 1. The second-order valence-corrected chi connectivity index (χ2v) is 8.64. The maximum Gasteiger partial charge on any atom is 0.264 e. The highest BCUT2D eigenvalue weighted by Gasteiger charge is 2.27. The van der Waals surface area contributed by atoms with E-state index in [1.165, 1.54) is 26.4 Å². The van der Waals surface area contributed by atoms with Gasteiger partial charge in [-0.1, -0.05) is 35.9 Å². The van der Waals surface area contributed by atoms with Crippen LogP contribution in [0, 0.1) is 6.92 Å². The molecule has 0 spiro atoms. The van der Waals surface area contributed by atoms with Gasteiger partial charge >= 0.3 is 0 Å². The number of hydrogen-bond donors (Lipinski definition) is 1. The van der Waals surface area contributed by atoms with Gasteiger partial charge in [0, 0.05) is 6.07 Å². The maximum atomic E-state index is 13.3. The molecule has 3 aromatic carbocycles. The molecule has 0 fully saturated rings. The van der Waals surface area contributed by atoms with Crippen LogP contribution in [0.25, 0.3) is 0 Å². The van der Waals surface area contributed by atoms with Gasteiger partial charge in [-0.25, -0.2) is 8.42 Å². The fraction of sp³-hybridized carbons (Fsp3) is 0.174. The van der Waals surface area contributed by atoms with Crippen LogP contribution in [0.4, 0.5) is 11.4 Å². The van der Waals surface area contributed by atoms with Gasteiger partial charge in [-0.15, -0.1) is 0 Å². The Bertz CT molecular complexity index is 1150. The first-order valence-corrected chi connectivity index (χ1v) is 11.0. The van der Waals surface area contributed by atoms with E-state index in [9.17, 15) is 13.2 Å². The maximum absolute atomic E-state index is 13.3. The Morgan fingerprint density at radius 3 is 2.23 bits per heavy atom. The Morgan fingerprint density at radius 1 is 0.935 bits per heavy atom. The smallest absolute Gasteiger partial charge is 0.264 e. The highest BCUT2D eigenvalue weighted by atomic mass is 32.2. The van der Waals surface area contributed by atoms with E-state index in [1.54, 1.807) is 60.7 Å². The third kappa shape index (κ3) is 5.16. The van der Waals surface area contributed by atoms with E-state index in [2.05, 4.69) is 5.32 Å². The summed E-state index contributed by atoms with van der Waals surface area (Å²) in [6, 6.07) is 19.9. The van der Waals surface area contributed by atoms with Crippen molar-refractivity contribution in [3.8, 4) is 11.5 Å². The number of aryl methyl sites for hydroxylation is 1. The molecule has 1 amide bonds. The summed E-state index contributed by atoms with van der Waals surface area (Å²) in [5.41, 5.74) is 1.79. The van der Waals surface area contributed by atoms with Gasteiger partial charge in [-0.2, -0.15) is 0 Å². The molecule has 0 aliphatic carbocycles. The fourth-order valence-electron chi connectivity index (χ4n) is 2.97. The second kappa shape index (κ2) is 9.53. The third-order valence-electron chi connectivity index (χ3n) is 4.62. The highest BCUT2D eigenvalue weighted by molar-refractivity contribution is 7.92. The lowest BCUT2D eigenvalue weighted by Gasteiger charge is -2.24. The molecule has 31 heavy (non-hydrogen) atoms. The molecule has 0 heterocycles. The number of carbonyl (C=O) groups excluding carboxylic acids is 1. The summed E-state index contributed by atoms with van der Waals surface area (Å²) in [5.74, 6) is 0.465. The molecule has 0 aliphatic heterocycles. The van der Waals surface area contributed by atoms with Crippen LogP contribution in [0.1, 0.15) is 5.56 Å². The minimum Gasteiger partial charge on any atom is -0.497 e. The Kier molecular flexibility index (Phi) is 6.81. The molecule has 1 N–H and O–H groups in total. The van der Waals surface area contributed by atoms with E-state index in [0.717, 1.165) is 9.87 Å². The van der Waals surface area contributed by atoms with E-state index in [0.29, 0.717) is 22.9 Å². The molecule has 7 nitrogen and oxygen atoms in total. The Balaban J connectivity index is 1.92. The third-order valence-corrected chi connectivity index (χ3v) is 6.41. The topological polar surface area (TPSA) is 84.9 Å². The van der Waals surface area contributed by atoms with Gasteiger partial charge in [-0.05, 0) is 43.3 Å². The molecule has 8 heteroatoms. The van der Waals surface area contributed by atoms with Crippen molar-refractivity contribution < 1.29 is 22.7 Å². The Hall–Kier alpha value is -3.52. The summed E-state index contributed by atoms with van der Waals surface area (Å²) in [4.78, 5) is 13.0. The first kappa shape index (κ1) is 22.2. The van der Waals surface area contributed by atoms with E-state index >= 15 is 0 Å². The molecule has 0 aromatic heterocycles. The van der Waals surface area contributed by atoms with Crippen LogP contribution in [0.5, 0.6) is 11.5 Å². The van der Waals surface area contributed by atoms with Crippen LogP contribution >= 0.6 is 0 Å². The van der Waals surface area contributed by atoms with Crippen molar-refractivity contribution in [3.63, 3.8) is 0 Å². The molecule has 0 atom stereocenters. The molecule has 0 bridgehead atoms. The molecule has 0 unspecified atom stereocenters. The molecular formula is C23H24N2O5S. The second-order valence-electron chi connectivity index (χ2n) is 6.77. The lowest BCUT2D eigenvalue weighted by Crippen LogP contribution is -2.38. The highest BCUT2D eigenvalue weighted by Crippen LogP contribution is 2.29. The number of benzene rings is 3.